The van der Waals surface area contributed by atoms with Gasteiger partial charge in [-0.1, -0.05) is 6.07 Å². The van der Waals surface area contributed by atoms with Crippen molar-refractivity contribution in [3.05, 3.63) is 53.6 Å². The average Bonchev–Trinajstić information content (AvgIpc) is 3.02. The Labute approximate surface area is 145 Å². The summed E-state index contributed by atoms with van der Waals surface area (Å²) in [4.78, 5) is 27.9. The Balaban J connectivity index is 1.62. The minimum absolute atomic E-state index is 0.0452. The largest absolute Gasteiger partial charge is 0.471 e. The molecular formula is C19H18N2O4. The van der Waals surface area contributed by atoms with Gasteiger partial charge < -0.3 is 19.3 Å². The molecule has 2 aromatic rings. The molecule has 0 N–H and O–H groups in total. The second-order valence-electron chi connectivity index (χ2n) is 6.07. The van der Waals surface area contributed by atoms with E-state index in [1.54, 1.807) is 24.3 Å². The molecule has 6 nitrogen and oxygen atoms in total. The highest BCUT2D eigenvalue weighted by Crippen LogP contribution is 2.39. The summed E-state index contributed by atoms with van der Waals surface area (Å²) in [6, 6.07) is 12.7. The molecule has 1 amide bonds. The maximum absolute atomic E-state index is 12.3. The van der Waals surface area contributed by atoms with Crippen LogP contribution in [0.4, 0.5) is 11.4 Å². The Kier molecular flexibility index (Phi) is 3.80. The van der Waals surface area contributed by atoms with Gasteiger partial charge in [0.05, 0.1) is 18.4 Å². The lowest BCUT2D eigenvalue weighted by Crippen LogP contribution is -2.41. The van der Waals surface area contributed by atoms with E-state index >= 15 is 0 Å². The predicted octanol–water partition coefficient (Wildman–Crippen LogP) is 2.81. The lowest BCUT2D eigenvalue weighted by molar-refractivity contribution is 0.0599. The van der Waals surface area contributed by atoms with E-state index in [-0.39, 0.29) is 11.9 Å². The van der Waals surface area contributed by atoms with Crippen molar-refractivity contribution >= 4 is 23.3 Å². The lowest BCUT2D eigenvalue weighted by Gasteiger charge is -2.31. The van der Waals surface area contributed by atoms with E-state index in [1.165, 1.54) is 7.11 Å². The van der Waals surface area contributed by atoms with Crippen molar-refractivity contribution in [3.8, 4) is 5.75 Å². The van der Waals surface area contributed by atoms with Crippen LogP contribution in [-0.4, -0.2) is 43.7 Å². The zero-order valence-corrected chi connectivity index (χ0v) is 13.9. The second-order valence-corrected chi connectivity index (χ2v) is 6.07. The summed E-state index contributed by atoms with van der Waals surface area (Å²) in [6.45, 7) is 1.98. The molecule has 4 rings (SSSR count). The fourth-order valence-electron chi connectivity index (χ4n) is 3.02. The van der Waals surface area contributed by atoms with Crippen molar-refractivity contribution in [2.75, 3.05) is 31.8 Å². The molecule has 2 aliphatic heterocycles. The zero-order valence-electron chi connectivity index (χ0n) is 13.9. The van der Waals surface area contributed by atoms with Crippen molar-refractivity contribution in [2.45, 2.75) is 6.42 Å². The van der Waals surface area contributed by atoms with Gasteiger partial charge in [-0.3, -0.25) is 4.79 Å². The zero-order chi connectivity index (χ0) is 17.4. The highest BCUT2D eigenvalue weighted by molar-refractivity contribution is 5.96. The summed E-state index contributed by atoms with van der Waals surface area (Å²) >= 11 is 0. The first-order valence-electron chi connectivity index (χ1n) is 8.19. The molecule has 6 heteroatoms. The molecule has 1 fully saturated rings. The van der Waals surface area contributed by atoms with Crippen LogP contribution in [0.1, 0.15) is 27.1 Å². The van der Waals surface area contributed by atoms with Gasteiger partial charge in [-0.25, -0.2) is 4.79 Å². The highest BCUT2D eigenvalue weighted by atomic mass is 16.5. The van der Waals surface area contributed by atoms with Gasteiger partial charge >= 0.3 is 5.97 Å². The van der Waals surface area contributed by atoms with Crippen molar-refractivity contribution in [1.82, 2.24) is 4.90 Å². The maximum atomic E-state index is 12.3. The first kappa shape index (κ1) is 15.5. The number of anilines is 2. The highest BCUT2D eigenvalue weighted by Gasteiger charge is 2.26. The average molecular weight is 338 g/mol. The smallest absolute Gasteiger partial charge is 0.337 e. The van der Waals surface area contributed by atoms with E-state index in [1.807, 2.05) is 28.0 Å². The number of likely N-dealkylation sites (tertiary alicyclic amines) is 1. The third-order valence-corrected chi connectivity index (χ3v) is 4.57. The number of carbonyl (C=O) groups is 2. The molecule has 2 aliphatic rings. The van der Waals surface area contributed by atoms with Crippen LogP contribution < -0.4 is 9.64 Å². The molecule has 1 saturated heterocycles. The molecule has 128 valence electrons. The summed E-state index contributed by atoms with van der Waals surface area (Å²) < 4.78 is 10.5. The summed E-state index contributed by atoms with van der Waals surface area (Å²) in [5.74, 6) is 0.344. The normalized spacial score (nSPS) is 15.2. The number of ether oxygens (including phenoxy) is 2. The number of methoxy groups -OCH3 is 1. The van der Waals surface area contributed by atoms with Crippen LogP contribution in [0.5, 0.6) is 5.75 Å². The van der Waals surface area contributed by atoms with Crippen molar-refractivity contribution in [1.29, 1.82) is 0 Å². The molecule has 0 bridgehead atoms. The quantitative estimate of drug-likeness (QED) is 0.806. The van der Waals surface area contributed by atoms with Crippen LogP contribution in [0.3, 0.4) is 0 Å². The summed E-state index contributed by atoms with van der Waals surface area (Å²) in [5, 5.41) is 0. The topological polar surface area (TPSA) is 59.1 Å². The van der Waals surface area contributed by atoms with Crippen molar-refractivity contribution in [3.63, 3.8) is 0 Å². The van der Waals surface area contributed by atoms with Gasteiger partial charge in [-0.2, -0.15) is 0 Å². The van der Waals surface area contributed by atoms with E-state index in [0.29, 0.717) is 23.6 Å². The SMILES string of the molecule is COC(=O)c1cccc(N2COc3cc(C(=O)N4CCC4)ccc32)c1. The van der Waals surface area contributed by atoms with Crippen LogP contribution in [0.2, 0.25) is 0 Å². The predicted molar refractivity (Wildman–Crippen MR) is 92.4 cm³/mol. The van der Waals surface area contributed by atoms with Crippen LogP contribution in [-0.2, 0) is 4.74 Å². The van der Waals surface area contributed by atoms with E-state index in [4.69, 9.17) is 9.47 Å². The minimum Gasteiger partial charge on any atom is -0.471 e. The van der Waals surface area contributed by atoms with Gasteiger partial charge in [0.15, 0.2) is 6.73 Å². The second kappa shape index (κ2) is 6.12. The molecule has 2 heterocycles. The van der Waals surface area contributed by atoms with Gasteiger partial charge in [0.25, 0.3) is 5.91 Å². The van der Waals surface area contributed by atoms with Crippen LogP contribution >= 0.6 is 0 Å². The number of amides is 1. The summed E-state index contributed by atoms with van der Waals surface area (Å²) in [7, 11) is 1.36. The molecule has 0 saturated carbocycles. The number of rotatable bonds is 3. The molecule has 0 unspecified atom stereocenters. The molecule has 25 heavy (non-hydrogen) atoms. The van der Waals surface area contributed by atoms with Gasteiger partial charge in [0.2, 0.25) is 0 Å². The summed E-state index contributed by atoms with van der Waals surface area (Å²) in [5.41, 5.74) is 2.84. The molecule has 0 radical (unpaired) electrons. The minimum atomic E-state index is -0.377. The summed E-state index contributed by atoms with van der Waals surface area (Å²) in [6.07, 6.45) is 1.07. The van der Waals surface area contributed by atoms with Crippen LogP contribution in [0.15, 0.2) is 42.5 Å². The van der Waals surface area contributed by atoms with Crippen LogP contribution in [0.25, 0.3) is 0 Å². The molecule has 0 aromatic heterocycles. The third-order valence-electron chi connectivity index (χ3n) is 4.57. The third kappa shape index (κ3) is 2.69. The number of esters is 1. The Morgan fingerprint density at radius 2 is 1.92 bits per heavy atom. The Hall–Kier alpha value is -3.02. The van der Waals surface area contributed by atoms with Gasteiger partial charge in [-0.05, 0) is 42.8 Å². The Morgan fingerprint density at radius 3 is 2.64 bits per heavy atom. The van der Waals surface area contributed by atoms with E-state index in [0.717, 1.165) is 30.9 Å². The molecule has 0 spiro atoms. The number of hydrogen-bond acceptors (Lipinski definition) is 5. The van der Waals surface area contributed by atoms with E-state index in [2.05, 4.69) is 0 Å². The van der Waals surface area contributed by atoms with Crippen molar-refractivity contribution < 1.29 is 19.1 Å². The maximum Gasteiger partial charge on any atom is 0.337 e. The first-order valence-corrected chi connectivity index (χ1v) is 8.19. The lowest BCUT2D eigenvalue weighted by atomic mass is 10.1. The van der Waals surface area contributed by atoms with Crippen molar-refractivity contribution in [2.24, 2.45) is 0 Å². The van der Waals surface area contributed by atoms with Crippen LogP contribution in [0, 0.1) is 0 Å². The van der Waals surface area contributed by atoms with E-state index < -0.39 is 0 Å². The molecule has 0 aliphatic carbocycles. The Morgan fingerprint density at radius 1 is 1.08 bits per heavy atom. The van der Waals surface area contributed by atoms with Gasteiger partial charge in [0.1, 0.15) is 5.75 Å². The van der Waals surface area contributed by atoms with Gasteiger partial charge in [0, 0.05) is 24.3 Å². The first-order chi connectivity index (χ1) is 12.2. The molecule has 0 atom stereocenters. The number of hydrogen-bond donors (Lipinski definition) is 0. The monoisotopic (exact) mass is 338 g/mol. The fourth-order valence-corrected chi connectivity index (χ4v) is 3.02. The molecule has 2 aromatic carbocycles. The Bertz CT molecular complexity index is 845. The number of benzene rings is 2. The fraction of sp³-hybridized carbons (Fsp3) is 0.263. The number of fused-ring (bicyclic) bond motifs is 1. The number of carbonyl (C=O) groups excluding carboxylic acids is 2. The number of nitrogens with zero attached hydrogens (tertiary/aromatic N) is 2. The van der Waals surface area contributed by atoms with E-state index in [9.17, 15) is 9.59 Å². The standard InChI is InChI=1S/C19H18N2O4/c1-24-19(23)14-4-2-5-15(10-14)21-12-25-17-11-13(6-7-16(17)21)18(22)20-8-3-9-20/h2,4-7,10-11H,3,8-9,12H2,1H3. The molecular weight excluding hydrogens is 320 g/mol. The van der Waals surface area contributed by atoms with Gasteiger partial charge in [-0.15, -0.1) is 0 Å².